The average molecular weight is 557 g/mol. The smallest absolute Gasteiger partial charge is 0.255 e. The number of ketones is 2. The maximum Gasteiger partial charge on any atom is 0.255 e. The van der Waals surface area contributed by atoms with Gasteiger partial charge in [0, 0.05) is 23.1 Å². The number of nitrogens with one attached hydrogen (secondary N) is 1. The van der Waals surface area contributed by atoms with Gasteiger partial charge in [-0.1, -0.05) is 0 Å². The molecule has 0 bridgehead atoms. The molecule has 0 saturated carbocycles. The minimum atomic E-state index is -2.82. The number of nitrogens with two attached hydrogens (primary N) is 1. The molecule has 16 heteroatoms. The molecule has 0 saturated heterocycles. The van der Waals surface area contributed by atoms with Gasteiger partial charge in [0.15, 0.2) is 23.5 Å². The fourth-order valence-electron chi connectivity index (χ4n) is 5.95. The molecule has 0 spiro atoms. The summed E-state index contributed by atoms with van der Waals surface area (Å²) in [6, 6.07) is -0.330. The zero-order valence-electron chi connectivity index (χ0n) is 21.1. The number of hydrogen-bond donors (Lipinski definition) is 6. The first-order chi connectivity index (χ1) is 18.8. The van der Waals surface area contributed by atoms with Crippen molar-refractivity contribution in [3.05, 3.63) is 52.0 Å². The summed E-state index contributed by atoms with van der Waals surface area (Å²) in [7, 11) is 3.00. The van der Waals surface area contributed by atoms with Gasteiger partial charge in [-0.15, -0.1) is 10.2 Å². The van der Waals surface area contributed by atoms with Crippen LogP contribution < -0.4 is 11.1 Å². The number of hydrogen-bond acceptors (Lipinski definition) is 12. The van der Waals surface area contributed by atoms with Gasteiger partial charge < -0.3 is 31.5 Å². The Labute approximate surface area is 224 Å². The van der Waals surface area contributed by atoms with Crippen molar-refractivity contribution in [1.82, 2.24) is 25.1 Å². The fraction of sp³-hybridized carbons (Fsp3) is 0.375. The maximum atomic E-state index is 15.3. The van der Waals surface area contributed by atoms with Gasteiger partial charge in [-0.05, 0) is 38.1 Å². The second kappa shape index (κ2) is 9.20. The van der Waals surface area contributed by atoms with Crippen molar-refractivity contribution >= 4 is 29.1 Å². The first-order valence-electron chi connectivity index (χ1n) is 12.0. The number of aliphatic hydroxyl groups excluding tert-OH is 2. The summed E-state index contributed by atoms with van der Waals surface area (Å²) in [5, 5.41) is 57.4. The highest BCUT2D eigenvalue weighted by Gasteiger charge is 2.63. The Morgan fingerprint density at radius 2 is 1.98 bits per heavy atom. The highest BCUT2D eigenvalue weighted by atomic mass is 19.1. The lowest BCUT2D eigenvalue weighted by Gasteiger charge is -2.50. The predicted molar refractivity (Wildman–Crippen MR) is 130 cm³/mol. The van der Waals surface area contributed by atoms with E-state index in [4.69, 9.17) is 5.73 Å². The lowest BCUT2D eigenvalue weighted by atomic mass is 9.58. The number of carbonyl (C=O) groups is 4. The number of phenolic OH excluding ortho intramolecular Hbond substituents is 1. The van der Waals surface area contributed by atoms with E-state index in [1.165, 1.54) is 19.0 Å². The summed E-state index contributed by atoms with van der Waals surface area (Å²) in [6.07, 6.45) is 0.670. The molecule has 0 unspecified atom stereocenters. The number of Topliss-reactive ketones (excluding diaryl/α,β-unsaturated/α-hetero) is 2. The molecule has 2 aromatic rings. The van der Waals surface area contributed by atoms with E-state index < -0.39 is 98.9 Å². The van der Waals surface area contributed by atoms with E-state index in [-0.39, 0.29) is 18.4 Å². The van der Waals surface area contributed by atoms with Gasteiger partial charge in [-0.3, -0.25) is 24.1 Å². The molecular weight excluding hydrogens is 533 g/mol. The van der Waals surface area contributed by atoms with E-state index in [1.807, 2.05) is 0 Å². The lowest BCUT2D eigenvalue weighted by Crippen LogP contribution is -2.63. The Hall–Kier alpha value is -4.70. The Bertz CT molecular complexity index is 1550. The Kier molecular flexibility index (Phi) is 6.18. The van der Waals surface area contributed by atoms with Crippen molar-refractivity contribution in [1.29, 1.82) is 0 Å². The number of aliphatic hydroxyl groups is 3. The monoisotopic (exact) mass is 557 g/mol. The van der Waals surface area contributed by atoms with Crippen LogP contribution in [-0.4, -0.2) is 94.7 Å². The second-order valence-electron chi connectivity index (χ2n) is 10.1. The van der Waals surface area contributed by atoms with Gasteiger partial charge in [0.2, 0.25) is 11.7 Å². The molecule has 1 aromatic heterocycles. The third-order valence-electron chi connectivity index (χ3n) is 7.62. The van der Waals surface area contributed by atoms with Crippen LogP contribution in [0.15, 0.2) is 35.1 Å². The number of halogens is 1. The number of primary amides is 1. The van der Waals surface area contributed by atoms with Gasteiger partial charge in [0.1, 0.15) is 29.5 Å². The van der Waals surface area contributed by atoms with Crippen molar-refractivity contribution in [2.45, 2.75) is 31.0 Å². The Morgan fingerprint density at radius 1 is 1.27 bits per heavy atom. The second-order valence-corrected chi connectivity index (χ2v) is 10.1. The number of allylic oxidation sites excluding steroid dienone is 1. The van der Waals surface area contributed by atoms with E-state index in [2.05, 4.69) is 20.7 Å². The number of anilines is 1. The van der Waals surface area contributed by atoms with Crippen molar-refractivity contribution in [3.63, 3.8) is 0 Å². The maximum absolute atomic E-state index is 15.3. The summed E-state index contributed by atoms with van der Waals surface area (Å²) in [4.78, 5) is 53.7. The van der Waals surface area contributed by atoms with Crippen LogP contribution in [0.1, 0.15) is 22.3 Å². The molecule has 40 heavy (non-hydrogen) atoms. The molecular formula is C24H24FN7O8. The van der Waals surface area contributed by atoms with Crippen molar-refractivity contribution in [2.75, 3.05) is 19.4 Å². The SMILES string of the molecule is CN(C)[C@@H]1C(O)=C(C(N)=O)C(=O)[C@@]2(O)C(O)=C3C(=O)c4c(O)c(NC(=O)Cn5ncnn5)cc(F)c4C[C@H]3C[C@@H]12. The number of aromatic nitrogens is 4. The first-order valence-corrected chi connectivity index (χ1v) is 12.0. The van der Waals surface area contributed by atoms with Crippen LogP contribution in [0.3, 0.4) is 0 Å². The quantitative estimate of drug-likeness (QED) is 0.190. The van der Waals surface area contributed by atoms with Gasteiger partial charge in [0.25, 0.3) is 5.91 Å². The van der Waals surface area contributed by atoms with Crippen molar-refractivity contribution < 1.29 is 44.0 Å². The van der Waals surface area contributed by atoms with Crippen LogP contribution in [0, 0.1) is 17.7 Å². The number of nitrogens with zero attached hydrogens (tertiary/aromatic N) is 5. The fourth-order valence-corrected chi connectivity index (χ4v) is 5.95. The van der Waals surface area contributed by atoms with E-state index in [9.17, 15) is 39.6 Å². The number of amides is 2. The summed E-state index contributed by atoms with van der Waals surface area (Å²) < 4.78 is 15.3. The predicted octanol–water partition coefficient (Wildman–Crippen LogP) is -1.12. The Morgan fingerprint density at radius 3 is 2.58 bits per heavy atom. The van der Waals surface area contributed by atoms with E-state index in [0.29, 0.717) is 0 Å². The average Bonchev–Trinajstić information content (AvgIpc) is 3.37. The molecule has 3 aliphatic carbocycles. The molecule has 210 valence electrons. The molecule has 15 nitrogen and oxygen atoms in total. The standard InChI is InChI=1S/C24H24FN7O8/c1-31(2)17-10-4-8-3-9-11(25)5-12(29-13(33)6-32-28-7-27-30-32)18(34)15(9)19(35)14(8)21(37)24(10,40)22(38)16(20(17)36)23(26)39/h5,7-8,10,17,34,36-37,40H,3-4,6H2,1-2H3,(H2,26,39)(H,29,33)/t8-,10-,17-,24-/m0/s1. The van der Waals surface area contributed by atoms with Crippen molar-refractivity contribution in [2.24, 2.45) is 17.6 Å². The number of aromatic hydroxyl groups is 1. The van der Waals surface area contributed by atoms with E-state index in [1.54, 1.807) is 0 Å². The van der Waals surface area contributed by atoms with Crippen LogP contribution in [0.2, 0.25) is 0 Å². The zero-order chi connectivity index (χ0) is 29.3. The topological polar surface area (TPSA) is 234 Å². The van der Waals surface area contributed by atoms with Crippen LogP contribution in [0.5, 0.6) is 5.75 Å². The molecule has 4 atom stereocenters. The number of benzene rings is 1. The van der Waals surface area contributed by atoms with Crippen LogP contribution in [0.25, 0.3) is 0 Å². The van der Waals surface area contributed by atoms with Gasteiger partial charge in [-0.25, -0.2) is 4.39 Å². The molecule has 5 rings (SSSR count). The summed E-state index contributed by atoms with van der Waals surface area (Å²) in [5.41, 5.74) is -0.142. The van der Waals surface area contributed by atoms with Gasteiger partial charge in [-0.2, -0.15) is 4.80 Å². The molecule has 1 heterocycles. The van der Waals surface area contributed by atoms with Crippen LogP contribution in [0.4, 0.5) is 10.1 Å². The third kappa shape index (κ3) is 3.75. The molecule has 3 aliphatic rings. The highest BCUT2D eigenvalue weighted by Crippen LogP contribution is 2.53. The normalized spacial score (nSPS) is 26.0. The number of phenols is 1. The zero-order valence-corrected chi connectivity index (χ0v) is 21.1. The minimum absolute atomic E-state index is 0.185. The molecule has 7 N–H and O–H groups in total. The molecule has 0 radical (unpaired) electrons. The summed E-state index contributed by atoms with van der Waals surface area (Å²) in [5.74, 6) is -10.3. The number of tetrazole rings is 1. The van der Waals surface area contributed by atoms with Gasteiger partial charge in [0.05, 0.1) is 17.3 Å². The van der Waals surface area contributed by atoms with Crippen LogP contribution in [-0.2, 0) is 27.3 Å². The van der Waals surface area contributed by atoms with Crippen molar-refractivity contribution in [3.8, 4) is 5.75 Å². The number of rotatable bonds is 5. The largest absolute Gasteiger partial charge is 0.510 e. The van der Waals surface area contributed by atoms with Gasteiger partial charge >= 0.3 is 0 Å². The third-order valence-corrected chi connectivity index (χ3v) is 7.62. The van der Waals surface area contributed by atoms with E-state index in [0.717, 1.165) is 17.2 Å². The molecule has 0 aliphatic heterocycles. The highest BCUT2D eigenvalue weighted by molar-refractivity contribution is 6.25. The molecule has 2 amide bonds. The Balaban J connectivity index is 1.60. The lowest BCUT2D eigenvalue weighted by molar-refractivity contribution is -0.148. The summed E-state index contributed by atoms with van der Waals surface area (Å²) in [6.45, 7) is -0.438. The first kappa shape index (κ1) is 26.9. The number of carbonyl (C=O) groups excluding carboxylic acids is 4. The van der Waals surface area contributed by atoms with E-state index >= 15 is 4.39 Å². The summed E-state index contributed by atoms with van der Waals surface area (Å²) >= 11 is 0. The molecule has 1 aromatic carbocycles. The van der Waals surface area contributed by atoms with Crippen LogP contribution >= 0.6 is 0 Å². The minimum Gasteiger partial charge on any atom is -0.510 e. The molecule has 0 fully saturated rings. The number of likely N-dealkylation sites (N-methyl/N-ethyl adjacent to an activating group) is 1. The number of fused-ring (bicyclic) bond motifs is 3.